The summed E-state index contributed by atoms with van der Waals surface area (Å²) in [5.74, 6) is 0. The van der Waals surface area contributed by atoms with Gasteiger partial charge in [-0.15, -0.1) is 0 Å². The van der Waals surface area contributed by atoms with E-state index in [0.29, 0.717) is 0 Å². The molecule has 0 fully saturated rings. The van der Waals surface area contributed by atoms with Gasteiger partial charge in [-0.3, -0.25) is 4.79 Å². The van der Waals surface area contributed by atoms with Crippen LogP contribution in [0, 0.1) is 6.92 Å². The van der Waals surface area contributed by atoms with E-state index < -0.39 is 5.24 Å². The van der Waals surface area contributed by atoms with Crippen molar-refractivity contribution in [1.29, 1.82) is 0 Å². The van der Waals surface area contributed by atoms with Gasteiger partial charge < -0.3 is 0 Å². The van der Waals surface area contributed by atoms with Crippen LogP contribution in [0.15, 0.2) is 42.5 Å². The first-order valence-electron chi connectivity index (χ1n) is 4.29. The molecule has 2 heteroatoms. The maximum Gasteiger partial charge on any atom is 0.245 e. The second-order valence-corrected chi connectivity index (χ2v) is 3.31. The quantitative estimate of drug-likeness (QED) is 0.421. The molecule has 0 heterocycles. The smallest absolute Gasteiger partial charge is 0.245 e. The summed E-state index contributed by atoms with van der Waals surface area (Å²) in [6.45, 7) is 2.04. The molecular weight excluding hydrogens is 196 g/mol. The molecule has 0 N–H and O–H groups in total. The van der Waals surface area contributed by atoms with Gasteiger partial charge in [0.2, 0.25) is 5.24 Å². The Morgan fingerprint density at radius 2 is 1.86 bits per heavy atom. The van der Waals surface area contributed by atoms with E-state index in [1.54, 1.807) is 12.2 Å². The Morgan fingerprint density at radius 3 is 2.43 bits per heavy atom. The zero-order valence-corrected chi connectivity index (χ0v) is 8.66. The molecule has 0 atom stereocenters. The average molecular weight is 207 g/mol. The molecule has 0 aromatic heterocycles. The predicted molar refractivity (Wildman–Crippen MR) is 60.2 cm³/mol. The lowest BCUT2D eigenvalue weighted by molar-refractivity contribution is -0.107. The van der Waals surface area contributed by atoms with Gasteiger partial charge in [0, 0.05) is 0 Å². The molecule has 0 bridgehead atoms. The summed E-state index contributed by atoms with van der Waals surface area (Å²) in [5, 5.41) is -0.460. The van der Waals surface area contributed by atoms with Gasteiger partial charge in [0.25, 0.3) is 0 Å². The lowest BCUT2D eigenvalue weighted by Crippen LogP contribution is -1.74. The number of aryl methyl sites for hydroxylation is 1. The van der Waals surface area contributed by atoms with E-state index in [9.17, 15) is 4.79 Å². The second-order valence-electron chi connectivity index (χ2n) is 2.93. The summed E-state index contributed by atoms with van der Waals surface area (Å²) in [4.78, 5) is 10.3. The molecule has 0 aliphatic heterocycles. The first-order chi connectivity index (χ1) is 6.68. The van der Waals surface area contributed by atoms with Crippen LogP contribution < -0.4 is 0 Å². The highest BCUT2D eigenvalue weighted by Gasteiger charge is 1.85. The largest absolute Gasteiger partial charge is 0.276 e. The molecule has 1 aromatic carbocycles. The third-order valence-electron chi connectivity index (χ3n) is 1.70. The SMILES string of the molecule is Cc1ccc(/C=C/C=C/C(=O)Cl)cc1. The topological polar surface area (TPSA) is 17.1 Å². The monoisotopic (exact) mass is 206 g/mol. The number of rotatable bonds is 3. The summed E-state index contributed by atoms with van der Waals surface area (Å²) >= 11 is 5.12. The predicted octanol–water partition coefficient (Wildman–Crippen LogP) is 3.33. The van der Waals surface area contributed by atoms with E-state index >= 15 is 0 Å². The van der Waals surface area contributed by atoms with Crippen LogP contribution in [0.5, 0.6) is 0 Å². The molecular formula is C12H11ClO. The van der Waals surface area contributed by atoms with Crippen molar-refractivity contribution in [2.45, 2.75) is 6.92 Å². The van der Waals surface area contributed by atoms with E-state index in [1.165, 1.54) is 11.6 Å². The molecule has 1 rings (SSSR count). The third-order valence-corrected chi connectivity index (χ3v) is 1.83. The number of allylic oxidation sites excluding steroid dienone is 3. The summed E-state index contributed by atoms with van der Waals surface area (Å²) in [6, 6.07) is 8.11. The van der Waals surface area contributed by atoms with Crippen LogP contribution >= 0.6 is 11.6 Å². The normalized spacial score (nSPS) is 11.3. The maximum absolute atomic E-state index is 10.3. The maximum atomic E-state index is 10.3. The standard InChI is InChI=1S/C12H11ClO/c1-10-6-8-11(9-7-10)4-2-3-5-12(13)14/h2-9H,1H3/b4-2+,5-3+. The van der Waals surface area contributed by atoms with Crippen molar-refractivity contribution in [1.82, 2.24) is 0 Å². The molecule has 0 saturated heterocycles. The number of carbonyl (C=O) groups is 1. The number of hydrogen-bond acceptors (Lipinski definition) is 1. The van der Waals surface area contributed by atoms with E-state index in [2.05, 4.69) is 0 Å². The van der Waals surface area contributed by atoms with Crippen molar-refractivity contribution in [2.24, 2.45) is 0 Å². The highest BCUT2D eigenvalue weighted by atomic mass is 35.5. The van der Waals surface area contributed by atoms with Gasteiger partial charge in [-0.1, -0.05) is 48.1 Å². The molecule has 0 amide bonds. The van der Waals surface area contributed by atoms with Crippen LogP contribution in [-0.2, 0) is 4.79 Å². The fourth-order valence-electron chi connectivity index (χ4n) is 0.975. The lowest BCUT2D eigenvalue weighted by Gasteiger charge is -1.92. The highest BCUT2D eigenvalue weighted by Crippen LogP contribution is 2.04. The van der Waals surface area contributed by atoms with E-state index in [0.717, 1.165) is 5.56 Å². The molecule has 1 aromatic rings. The van der Waals surface area contributed by atoms with Gasteiger partial charge >= 0.3 is 0 Å². The van der Waals surface area contributed by atoms with Gasteiger partial charge in [0.15, 0.2) is 0 Å². The van der Waals surface area contributed by atoms with Crippen molar-refractivity contribution < 1.29 is 4.79 Å². The minimum atomic E-state index is -0.460. The van der Waals surface area contributed by atoms with Gasteiger partial charge in [0.05, 0.1) is 0 Å². The van der Waals surface area contributed by atoms with Gasteiger partial charge in [-0.25, -0.2) is 0 Å². The summed E-state index contributed by atoms with van der Waals surface area (Å²) < 4.78 is 0. The Kier molecular flexibility index (Phi) is 4.14. The Hall–Kier alpha value is -1.34. The van der Waals surface area contributed by atoms with Crippen LogP contribution in [0.1, 0.15) is 11.1 Å². The van der Waals surface area contributed by atoms with Crippen LogP contribution in [0.4, 0.5) is 0 Å². The van der Waals surface area contributed by atoms with Gasteiger partial charge in [-0.05, 0) is 30.2 Å². The molecule has 0 aliphatic carbocycles. The summed E-state index contributed by atoms with van der Waals surface area (Å²) in [6.07, 6.45) is 6.63. The summed E-state index contributed by atoms with van der Waals surface area (Å²) in [5.41, 5.74) is 2.33. The third kappa shape index (κ3) is 4.06. The number of hydrogen-bond donors (Lipinski definition) is 0. The molecule has 0 radical (unpaired) electrons. The zero-order chi connectivity index (χ0) is 10.4. The molecule has 1 nitrogen and oxygen atoms in total. The molecule has 72 valence electrons. The molecule has 0 spiro atoms. The minimum absolute atomic E-state index is 0.460. The van der Waals surface area contributed by atoms with Crippen molar-refractivity contribution in [2.75, 3.05) is 0 Å². The van der Waals surface area contributed by atoms with E-state index in [4.69, 9.17) is 11.6 Å². The molecule has 0 saturated carbocycles. The van der Waals surface area contributed by atoms with E-state index in [1.807, 2.05) is 37.3 Å². The van der Waals surface area contributed by atoms with Crippen molar-refractivity contribution in [3.05, 3.63) is 53.6 Å². The Labute approximate surface area is 88.7 Å². The van der Waals surface area contributed by atoms with Crippen molar-refractivity contribution in [3.63, 3.8) is 0 Å². The van der Waals surface area contributed by atoms with Crippen LogP contribution in [0.3, 0.4) is 0 Å². The number of benzene rings is 1. The lowest BCUT2D eigenvalue weighted by atomic mass is 10.1. The zero-order valence-electron chi connectivity index (χ0n) is 7.91. The molecule has 0 unspecified atom stereocenters. The van der Waals surface area contributed by atoms with E-state index in [-0.39, 0.29) is 0 Å². The van der Waals surface area contributed by atoms with Crippen molar-refractivity contribution in [3.8, 4) is 0 Å². The number of carbonyl (C=O) groups excluding carboxylic acids is 1. The van der Waals surface area contributed by atoms with Crippen LogP contribution in [-0.4, -0.2) is 5.24 Å². The van der Waals surface area contributed by atoms with Crippen LogP contribution in [0.25, 0.3) is 6.08 Å². The minimum Gasteiger partial charge on any atom is -0.276 e. The highest BCUT2D eigenvalue weighted by molar-refractivity contribution is 6.66. The van der Waals surface area contributed by atoms with Gasteiger partial charge in [-0.2, -0.15) is 0 Å². The number of halogens is 1. The first kappa shape index (κ1) is 10.7. The molecule has 0 aliphatic rings. The van der Waals surface area contributed by atoms with Crippen molar-refractivity contribution >= 4 is 22.9 Å². The fraction of sp³-hybridized carbons (Fsp3) is 0.0833. The first-order valence-corrected chi connectivity index (χ1v) is 4.67. The summed E-state index contributed by atoms with van der Waals surface area (Å²) in [7, 11) is 0. The fourth-order valence-corrected chi connectivity index (χ4v) is 1.05. The Morgan fingerprint density at radius 1 is 1.21 bits per heavy atom. The Balaban J connectivity index is 2.60. The van der Waals surface area contributed by atoms with Crippen LogP contribution in [0.2, 0.25) is 0 Å². The average Bonchev–Trinajstić information content (AvgIpc) is 2.15. The Bertz CT molecular complexity index is 360. The molecule has 14 heavy (non-hydrogen) atoms. The second kappa shape index (κ2) is 5.40. The van der Waals surface area contributed by atoms with Gasteiger partial charge in [0.1, 0.15) is 0 Å².